The summed E-state index contributed by atoms with van der Waals surface area (Å²) in [6.07, 6.45) is 0. The lowest BCUT2D eigenvalue weighted by Crippen LogP contribution is -2.50. The number of carbonyl (C=O) groups excluding carboxylic acids is 2. The number of thiocarbonyl (C=S) groups is 1. The number of hydrogen-bond donors (Lipinski definition) is 3. The van der Waals surface area contributed by atoms with Crippen LogP contribution in [0.15, 0.2) is 22.7 Å². The Bertz CT molecular complexity index is 584. The molecule has 120 valence electrons. The molecule has 9 heteroatoms. The van der Waals surface area contributed by atoms with Crippen molar-refractivity contribution >= 4 is 56.7 Å². The van der Waals surface area contributed by atoms with E-state index in [1.807, 2.05) is 0 Å². The lowest BCUT2D eigenvalue weighted by molar-refractivity contribution is -0.124. The third-order valence-electron chi connectivity index (χ3n) is 2.33. The molecular formula is C13H15BrClN3O3S. The zero-order chi connectivity index (χ0) is 16.7. The first-order valence-electron chi connectivity index (χ1n) is 6.27. The predicted octanol–water partition coefficient (Wildman–Crippen LogP) is 2.16. The first-order chi connectivity index (χ1) is 10.3. The molecule has 0 aliphatic rings. The van der Waals surface area contributed by atoms with Gasteiger partial charge in [0.2, 0.25) is 5.91 Å². The van der Waals surface area contributed by atoms with Gasteiger partial charge in [-0.05, 0) is 46.3 Å². The molecule has 0 saturated carbocycles. The van der Waals surface area contributed by atoms with E-state index in [2.05, 4.69) is 32.1 Å². The molecular weight excluding hydrogens is 394 g/mol. The molecule has 0 atom stereocenters. The number of amides is 2. The van der Waals surface area contributed by atoms with Gasteiger partial charge in [-0.25, -0.2) is 0 Å². The minimum absolute atomic E-state index is 0.0136. The van der Waals surface area contributed by atoms with Crippen LogP contribution in [0.25, 0.3) is 0 Å². The summed E-state index contributed by atoms with van der Waals surface area (Å²) < 4.78 is 5.96. The molecule has 0 fully saturated rings. The Morgan fingerprint density at radius 1 is 1.36 bits per heavy atom. The highest BCUT2D eigenvalue weighted by Crippen LogP contribution is 2.27. The van der Waals surface area contributed by atoms with Gasteiger partial charge in [0, 0.05) is 10.9 Å². The third kappa shape index (κ3) is 6.59. The highest BCUT2D eigenvalue weighted by molar-refractivity contribution is 9.10. The summed E-state index contributed by atoms with van der Waals surface area (Å²) in [5, 5.41) is 2.99. The average Bonchev–Trinajstić information content (AvgIpc) is 2.44. The summed E-state index contributed by atoms with van der Waals surface area (Å²) in [6.45, 7) is 3.23. The fraction of sp³-hybridized carbons (Fsp3) is 0.308. The average molecular weight is 409 g/mol. The maximum Gasteiger partial charge on any atom is 0.276 e. The van der Waals surface area contributed by atoms with Crippen LogP contribution in [0.3, 0.4) is 0 Å². The Labute approximate surface area is 147 Å². The van der Waals surface area contributed by atoms with E-state index in [9.17, 15) is 9.59 Å². The fourth-order valence-corrected chi connectivity index (χ4v) is 2.13. The number of hydrogen-bond acceptors (Lipinski definition) is 4. The smallest absolute Gasteiger partial charge is 0.276 e. The Morgan fingerprint density at radius 3 is 2.64 bits per heavy atom. The van der Waals surface area contributed by atoms with Crippen LogP contribution >= 0.6 is 39.7 Å². The van der Waals surface area contributed by atoms with Crippen LogP contribution in [0, 0.1) is 5.92 Å². The van der Waals surface area contributed by atoms with Crippen molar-refractivity contribution in [3.63, 3.8) is 0 Å². The van der Waals surface area contributed by atoms with E-state index in [1.165, 1.54) is 0 Å². The van der Waals surface area contributed by atoms with Crippen LogP contribution in [-0.2, 0) is 9.59 Å². The Hall–Kier alpha value is -1.38. The summed E-state index contributed by atoms with van der Waals surface area (Å²) in [7, 11) is 0. The van der Waals surface area contributed by atoms with E-state index in [0.717, 1.165) is 0 Å². The van der Waals surface area contributed by atoms with Gasteiger partial charge in [-0.3, -0.25) is 20.4 Å². The zero-order valence-electron chi connectivity index (χ0n) is 11.9. The van der Waals surface area contributed by atoms with Crippen molar-refractivity contribution in [1.29, 1.82) is 0 Å². The van der Waals surface area contributed by atoms with Crippen molar-refractivity contribution in [2.75, 3.05) is 6.61 Å². The van der Waals surface area contributed by atoms with E-state index in [-0.39, 0.29) is 23.5 Å². The first kappa shape index (κ1) is 18.7. The van der Waals surface area contributed by atoms with E-state index in [4.69, 9.17) is 28.6 Å². The molecule has 0 aromatic heterocycles. The van der Waals surface area contributed by atoms with Crippen molar-refractivity contribution < 1.29 is 14.3 Å². The summed E-state index contributed by atoms with van der Waals surface area (Å²) in [4.78, 5) is 23.0. The molecule has 0 saturated heterocycles. The molecule has 0 unspecified atom stereocenters. The Balaban J connectivity index is 2.34. The molecule has 0 bridgehead atoms. The van der Waals surface area contributed by atoms with Gasteiger partial charge in [0.1, 0.15) is 5.75 Å². The number of carbonyl (C=O) groups is 2. The topological polar surface area (TPSA) is 79.5 Å². The van der Waals surface area contributed by atoms with Crippen molar-refractivity contribution in [3.8, 4) is 5.75 Å². The van der Waals surface area contributed by atoms with Crippen molar-refractivity contribution in [1.82, 2.24) is 16.2 Å². The summed E-state index contributed by atoms with van der Waals surface area (Å²) >= 11 is 13.9. The lowest BCUT2D eigenvalue weighted by atomic mass is 10.2. The maximum atomic E-state index is 11.6. The molecule has 22 heavy (non-hydrogen) atoms. The van der Waals surface area contributed by atoms with Crippen LogP contribution in [0.2, 0.25) is 5.02 Å². The second-order valence-electron chi connectivity index (χ2n) is 4.51. The summed E-state index contributed by atoms with van der Waals surface area (Å²) in [5.74, 6) is -0.424. The van der Waals surface area contributed by atoms with Gasteiger partial charge in [-0.15, -0.1) is 0 Å². The van der Waals surface area contributed by atoms with Crippen molar-refractivity contribution in [2.45, 2.75) is 13.8 Å². The van der Waals surface area contributed by atoms with Gasteiger partial charge in [-0.2, -0.15) is 0 Å². The highest BCUT2D eigenvalue weighted by Gasteiger charge is 2.10. The molecule has 1 aromatic carbocycles. The Morgan fingerprint density at radius 2 is 2.05 bits per heavy atom. The standard InChI is InChI=1S/C13H15BrClN3O3S/c1-7(2)12(20)16-13(22)18-17-11(19)6-21-10-4-3-8(15)5-9(10)14/h3-5,7H,6H2,1-2H3,(H,17,19)(H2,16,18,20,22). The summed E-state index contributed by atoms with van der Waals surface area (Å²) in [5.41, 5.74) is 4.73. The van der Waals surface area contributed by atoms with Crippen LogP contribution in [0.5, 0.6) is 5.75 Å². The highest BCUT2D eigenvalue weighted by atomic mass is 79.9. The number of benzene rings is 1. The van der Waals surface area contributed by atoms with Gasteiger partial charge in [0.15, 0.2) is 11.7 Å². The molecule has 0 aliphatic carbocycles. The van der Waals surface area contributed by atoms with Gasteiger partial charge >= 0.3 is 0 Å². The van der Waals surface area contributed by atoms with Crippen LogP contribution in [-0.4, -0.2) is 23.5 Å². The largest absolute Gasteiger partial charge is 0.483 e. The number of hydrazine groups is 1. The maximum absolute atomic E-state index is 11.6. The van der Waals surface area contributed by atoms with E-state index < -0.39 is 5.91 Å². The van der Waals surface area contributed by atoms with E-state index >= 15 is 0 Å². The first-order valence-corrected chi connectivity index (χ1v) is 7.85. The SMILES string of the molecule is CC(C)C(=O)NC(=S)NNC(=O)COc1ccc(Cl)cc1Br. The molecule has 2 amide bonds. The Kier molecular flexibility index (Phi) is 7.57. The predicted molar refractivity (Wildman–Crippen MR) is 91.5 cm³/mol. The normalized spacial score (nSPS) is 10.0. The van der Waals surface area contributed by atoms with E-state index in [1.54, 1.807) is 32.0 Å². The number of ether oxygens (including phenoxy) is 1. The van der Waals surface area contributed by atoms with Gasteiger partial charge in [0.05, 0.1) is 4.47 Å². The van der Waals surface area contributed by atoms with Crippen LogP contribution < -0.4 is 20.9 Å². The van der Waals surface area contributed by atoms with Gasteiger partial charge in [0.25, 0.3) is 5.91 Å². The van der Waals surface area contributed by atoms with Gasteiger partial charge in [-0.1, -0.05) is 25.4 Å². The second kappa shape index (κ2) is 8.92. The fourth-order valence-electron chi connectivity index (χ4n) is 1.19. The quantitative estimate of drug-likeness (QED) is 0.525. The number of nitrogens with one attached hydrogen (secondary N) is 3. The minimum Gasteiger partial charge on any atom is -0.483 e. The molecule has 0 aliphatic heterocycles. The number of halogens is 2. The molecule has 1 rings (SSSR count). The van der Waals surface area contributed by atoms with Crippen molar-refractivity contribution in [2.24, 2.45) is 5.92 Å². The zero-order valence-corrected chi connectivity index (χ0v) is 15.1. The van der Waals surface area contributed by atoms with E-state index in [0.29, 0.717) is 15.2 Å². The molecule has 0 radical (unpaired) electrons. The molecule has 3 N–H and O–H groups in total. The minimum atomic E-state index is -0.456. The molecule has 0 heterocycles. The van der Waals surface area contributed by atoms with Crippen LogP contribution in [0.4, 0.5) is 0 Å². The number of rotatable bonds is 4. The lowest BCUT2D eigenvalue weighted by Gasteiger charge is -2.12. The van der Waals surface area contributed by atoms with Crippen LogP contribution in [0.1, 0.15) is 13.8 Å². The molecule has 0 spiro atoms. The third-order valence-corrected chi connectivity index (χ3v) is 3.39. The molecule has 1 aromatic rings. The second-order valence-corrected chi connectivity index (χ2v) is 6.21. The summed E-state index contributed by atoms with van der Waals surface area (Å²) in [6, 6.07) is 4.94. The van der Waals surface area contributed by atoms with Crippen molar-refractivity contribution in [3.05, 3.63) is 27.7 Å². The van der Waals surface area contributed by atoms with Gasteiger partial charge < -0.3 is 10.1 Å². The molecule has 6 nitrogen and oxygen atoms in total. The monoisotopic (exact) mass is 407 g/mol.